The third-order valence-corrected chi connectivity index (χ3v) is 6.48. The van der Waals surface area contributed by atoms with Crippen LogP contribution in [0, 0.1) is 6.92 Å². The normalized spacial score (nSPS) is 11.7. The smallest absolute Gasteiger partial charge is 0.243 e. The Morgan fingerprint density at radius 1 is 0.943 bits per heavy atom. The molecule has 35 heavy (non-hydrogen) atoms. The highest BCUT2D eigenvalue weighted by atomic mass is 35.5. The molecular weight excluding hydrogens is 479 g/mol. The third kappa shape index (κ3) is 8.12. The lowest BCUT2D eigenvalue weighted by molar-refractivity contribution is -0.140. The first-order chi connectivity index (χ1) is 16.9. The molecule has 2 amide bonds. The number of carbonyl (C=O) groups excluding carboxylic acids is 2. The van der Waals surface area contributed by atoms with E-state index in [1.165, 1.54) is 0 Å². The number of nitrogens with one attached hydrogen (secondary N) is 1. The molecule has 0 heterocycles. The van der Waals surface area contributed by atoms with Crippen LogP contribution in [0.15, 0.2) is 72.8 Å². The van der Waals surface area contributed by atoms with Crippen molar-refractivity contribution < 1.29 is 9.59 Å². The van der Waals surface area contributed by atoms with E-state index in [1.807, 2.05) is 67.6 Å². The van der Waals surface area contributed by atoms with E-state index >= 15 is 0 Å². The molecule has 1 atom stereocenters. The molecule has 0 spiro atoms. The van der Waals surface area contributed by atoms with Crippen LogP contribution < -0.4 is 5.32 Å². The number of amides is 2. The first-order valence-electron chi connectivity index (χ1n) is 12.0. The van der Waals surface area contributed by atoms with Gasteiger partial charge in [-0.1, -0.05) is 103 Å². The number of halogens is 2. The van der Waals surface area contributed by atoms with Crippen molar-refractivity contribution in [2.45, 2.75) is 52.1 Å². The summed E-state index contributed by atoms with van der Waals surface area (Å²) in [4.78, 5) is 28.9. The van der Waals surface area contributed by atoms with Crippen molar-refractivity contribution in [3.05, 3.63) is 105 Å². The highest BCUT2D eigenvalue weighted by Crippen LogP contribution is 2.24. The first-order valence-corrected chi connectivity index (χ1v) is 12.7. The maximum absolute atomic E-state index is 13.7. The minimum Gasteiger partial charge on any atom is -0.354 e. The molecule has 3 rings (SSSR count). The fraction of sp³-hybridized carbons (Fsp3) is 0.310. The Morgan fingerprint density at radius 3 is 2.37 bits per heavy atom. The van der Waals surface area contributed by atoms with Crippen LogP contribution in [0.5, 0.6) is 0 Å². The minimum absolute atomic E-state index is 0.131. The summed E-state index contributed by atoms with van der Waals surface area (Å²) in [6.07, 6.45) is 2.45. The van der Waals surface area contributed by atoms with Gasteiger partial charge in [0.15, 0.2) is 0 Å². The average molecular weight is 511 g/mol. The lowest BCUT2D eigenvalue weighted by atomic mass is 10.0. The third-order valence-electron chi connectivity index (χ3n) is 5.89. The molecule has 1 N–H and O–H groups in total. The highest BCUT2D eigenvalue weighted by molar-refractivity contribution is 6.35. The molecule has 3 aromatic rings. The molecule has 0 saturated heterocycles. The van der Waals surface area contributed by atoms with Gasteiger partial charge in [0.1, 0.15) is 6.04 Å². The SMILES string of the molecule is CCCCNC(=O)[C@@H](Cc1ccccc1)N(Cc1ccc(Cl)cc1Cl)C(=O)Cc1cccc(C)c1. The molecule has 0 aromatic heterocycles. The van der Waals surface area contributed by atoms with Gasteiger partial charge in [-0.15, -0.1) is 0 Å². The van der Waals surface area contributed by atoms with Crippen LogP contribution in [0.3, 0.4) is 0 Å². The second-order valence-corrected chi connectivity index (χ2v) is 9.62. The molecule has 0 aliphatic rings. The van der Waals surface area contributed by atoms with Crippen LogP contribution in [-0.4, -0.2) is 29.3 Å². The summed E-state index contributed by atoms with van der Waals surface area (Å²) in [5.41, 5.74) is 3.72. The van der Waals surface area contributed by atoms with E-state index in [2.05, 4.69) is 12.2 Å². The van der Waals surface area contributed by atoms with Crippen molar-refractivity contribution in [1.82, 2.24) is 10.2 Å². The summed E-state index contributed by atoms with van der Waals surface area (Å²) in [6.45, 7) is 4.86. The Morgan fingerprint density at radius 2 is 1.69 bits per heavy atom. The molecule has 0 saturated carbocycles. The van der Waals surface area contributed by atoms with Gasteiger partial charge in [0.05, 0.1) is 6.42 Å². The standard InChI is InChI=1S/C29H32Cl2N2O2/c1-3-4-15-32-29(35)27(17-22-10-6-5-7-11-22)33(20-24-13-14-25(30)19-26(24)31)28(34)18-23-12-8-9-21(2)16-23/h5-14,16,19,27H,3-4,15,17-18,20H2,1-2H3,(H,32,35)/t27-/m1/s1. The number of aryl methyl sites for hydroxylation is 1. The van der Waals surface area contributed by atoms with Crippen LogP contribution in [0.4, 0.5) is 0 Å². The lowest BCUT2D eigenvalue weighted by Crippen LogP contribution is -2.51. The van der Waals surface area contributed by atoms with E-state index in [-0.39, 0.29) is 24.8 Å². The van der Waals surface area contributed by atoms with Crippen LogP contribution in [-0.2, 0) is 29.0 Å². The summed E-state index contributed by atoms with van der Waals surface area (Å²) in [5, 5.41) is 4.03. The van der Waals surface area contributed by atoms with Gasteiger partial charge in [-0.2, -0.15) is 0 Å². The quantitative estimate of drug-likeness (QED) is 0.303. The number of rotatable bonds is 11. The van der Waals surface area contributed by atoms with E-state index in [9.17, 15) is 9.59 Å². The number of unbranched alkanes of at least 4 members (excludes halogenated alkanes) is 1. The van der Waals surface area contributed by atoms with E-state index in [0.717, 1.165) is 35.1 Å². The molecule has 0 aliphatic carbocycles. The predicted octanol–water partition coefficient (Wildman–Crippen LogP) is 6.40. The van der Waals surface area contributed by atoms with Crippen LogP contribution in [0.2, 0.25) is 10.0 Å². The van der Waals surface area contributed by atoms with Gasteiger partial charge >= 0.3 is 0 Å². The summed E-state index contributed by atoms with van der Waals surface area (Å²) < 4.78 is 0. The van der Waals surface area contributed by atoms with Gasteiger partial charge in [0, 0.05) is 29.6 Å². The van der Waals surface area contributed by atoms with Gasteiger partial charge in [-0.05, 0) is 42.2 Å². The fourth-order valence-electron chi connectivity index (χ4n) is 3.99. The van der Waals surface area contributed by atoms with Gasteiger partial charge < -0.3 is 10.2 Å². The number of benzene rings is 3. The van der Waals surface area contributed by atoms with E-state index in [4.69, 9.17) is 23.2 Å². The first kappa shape index (κ1) is 26.8. The second kappa shape index (κ2) is 13.3. The van der Waals surface area contributed by atoms with Crippen molar-refractivity contribution in [2.75, 3.05) is 6.54 Å². The Labute approximate surface area is 218 Å². The van der Waals surface area contributed by atoms with Gasteiger partial charge in [0.2, 0.25) is 11.8 Å². The summed E-state index contributed by atoms with van der Waals surface area (Å²) in [6, 6.07) is 22.2. The molecule has 0 bridgehead atoms. The molecule has 4 nitrogen and oxygen atoms in total. The molecule has 6 heteroatoms. The van der Waals surface area contributed by atoms with Crippen LogP contribution in [0.25, 0.3) is 0 Å². The topological polar surface area (TPSA) is 49.4 Å². The second-order valence-electron chi connectivity index (χ2n) is 8.77. The zero-order valence-corrected chi connectivity index (χ0v) is 21.8. The highest BCUT2D eigenvalue weighted by Gasteiger charge is 2.30. The summed E-state index contributed by atoms with van der Waals surface area (Å²) >= 11 is 12.6. The summed E-state index contributed by atoms with van der Waals surface area (Å²) in [7, 11) is 0. The van der Waals surface area contributed by atoms with Crippen molar-refractivity contribution in [3.63, 3.8) is 0 Å². The zero-order valence-electron chi connectivity index (χ0n) is 20.3. The maximum Gasteiger partial charge on any atom is 0.243 e. The molecule has 184 valence electrons. The number of nitrogens with zero attached hydrogens (tertiary/aromatic N) is 1. The predicted molar refractivity (Wildman–Crippen MR) is 144 cm³/mol. The Balaban J connectivity index is 1.97. The molecule has 0 aliphatic heterocycles. The van der Waals surface area contributed by atoms with E-state index in [0.29, 0.717) is 23.0 Å². The average Bonchev–Trinajstić information content (AvgIpc) is 2.83. The Kier molecular flexibility index (Phi) is 10.2. The van der Waals surface area contributed by atoms with Crippen molar-refractivity contribution in [1.29, 1.82) is 0 Å². The Bertz CT molecular complexity index is 1130. The van der Waals surface area contributed by atoms with Crippen molar-refractivity contribution in [3.8, 4) is 0 Å². The zero-order chi connectivity index (χ0) is 25.2. The number of hydrogen-bond acceptors (Lipinski definition) is 2. The monoisotopic (exact) mass is 510 g/mol. The van der Waals surface area contributed by atoms with Crippen LogP contribution in [0.1, 0.15) is 42.0 Å². The van der Waals surface area contributed by atoms with E-state index in [1.54, 1.807) is 17.0 Å². The molecule has 0 fully saturated rings. The molecule has 3 aromatic carbocycles. The molecule has 0 radical (unpaired) electrons. The van der Waals surface area contributed by atoms with Gasteiger partial charge in [0.25, 0.3) is 0 Å². The van der Waals surface area contributed by atoms with E-state index < -0.39 is 6.04 Å². The van der Waals surface area contributed by atoms with Crippen molar-refractivity contribution >= 4 is 35.0 Å². The largest absolute Gasteiger partial charge is 0.354 e. The minimum atomic E-state index is -0.682. The number of hydrogen-bond donors (Lipinski definition) is 1. The maximum atomic E-state index is 13.7. The molecular formula is C29H32Cl2N2O2. The summed E-state index contributed by atoms with van der Waals surface area (Å²) in [5.74, 6) is -0.293. The molecule has 0 unspecified atom stereocenters. The number of carbonyl (C=O) groups is 2. The lowest BCUT2D eigenvalue weighted by Gasteiger charge is -2.32. The van der Waals surface area contributed by atoms with Crippen LogP contribution >= 0.6 is 23.2 Å². The van der Waals surface area contributed by atoms with Crippen molar-refractivity contribution in [2.24, 2.45) is 0 Å². The van der Waals surface area contributed by atoms with Gasteiger partial charge in [-0.25, -0.2) is 0 Å². The fourth-order valence-corrected chi connectivity index (χ4v) is 4.46. The van der Waals surface area contributed by atoms with Gasteiger partial charge in [-0.3, -0.25) is 9.59 Å². The Hall–Kier alpha value is -2.82.